The molecule has 0 fully saturated rings. The number of aliphatic hydroxyl groups excluding tert-OH is 1. The molecule has 0 heterocycles. The number of hydrogen-bond acceptors (Lipinski definition) is 2. The Balaban J connectivity index is 2.62. The summed E-state index contributed by atoms with van der Waals surface area (Å²) >= 11 is 0. The summed E-state index contributed by atoms with van der Waals surface area (Å²) in [5.74, 6) is -0.160. The quantitative estimate of drug-likeness (QED) is 0.853. The van der Waals surface area contributed by atoms with Gasteiger partial charge in [-0.05, 0) is 31.2 Å². The zero-order valence-corrected chi connectivity index (χ0v) is 11.1. The van der Waals surface area contributed by atoms with Gasteiger partial charge in [-0.2, -0.15) is 0 Å². The Bertz CT molecular complexity index is 376. The Morgan fingerprint density at radius 3 is 2.53 bits per heavy atom. The van der Waals surface area contributed by atoms with Gasteiger partial charge < -0.3 is 10.0 Å². The lowest BCUT2D eigenvalue weighted by atomic mass is 9.94. The minimum absolute atomic E-state index is 0.107. The molecule has 0 amide bonds. The Hall–Kier alpha value is -0.930. The first-order valence-electron chi connectivity index (χ1n) is 5.88. The molecule has 0 aliphatic heterocycles. The summed E-state index contributed by atoms with van der Waals surface area (Å²) in [5.41, 5.74) is 1.67. The van der Waals surface area contributed by atoms with Crippen molar-refractivity contribution in [3.63, 3.8) is 0 Å². The van der Waals surface area contributed by atoms with Crippen LogP contribution in [0.5, 0.6) is 0 Å². The zero-order valence-electron chi connectivity index (χ0n) is 11.1. The average molecular weight is 239 g/mol. The van der Waals surface area contributed by atoms with Gasteiger partial charge in [0.15, 0.2) is 0 Å². The molecule has 0 unspecified atom stereocenters. The standard InChI is InChI=1S/C14H22FNO/c1-11-7-12(5-6-13(11)15)8-16(4)9-14(2,3)10-17/h5-7,17H,8-10H2,1-4H3. The molecule has 0 aromatic heterocycles. The second-order valence-electron chi connectivity index (χ2n) is 5.58. The summed E-state index contributed by atoms with van der Waals surface area (Å²) in [6.45, 7) is 7.57. The molecule has 0 bridgehead atoms. The molecule has 0 spiro atoms. The van der Waals surface area contributed by atoms with Crippen LogP contribution >= 0.6 is 0 Å². The van der Waals surface area contributed by atoms with Crippen LogP contribution in [-0.2, 0) is 6.54 Å². The number of aliphatic hydroxyl groups is 1. The molecular formula is C14H22FNO. The van der Waals surface area contributed by atoms with Crippen molar-refractivity contribution < 1.29 is 9.50 Å². The molecule has 0 radical (unpaired) electrons. The number of rotatable bonds is 5. The third-order valence-corrected chi connectivity index (χ3v) is 2.80. The summed E-state index contributed by atoms with van der Waals surface area (Å²) in [6.07, 6.45) is 0. The van der Waals surface area contributed by atoms with Crippen molar-refractivity contribution in [1.82, 2.24) is 4.90 Å². The van der Waals surface area contributed by atoms with Gasteiger partial charge in [-0.15, -0.1) is 0 Å². The Kier molecular flexibility index (Phi) is 4.66. The molecule has 96 valence electrons. The fourth-order valence-corrected chi connectivity index (χ4v) is 1.95. The maximum absolute atomic E-state index is 13.1. The Morgan fingerprint density at radius 2 is 2.00 bits per heavy atom. The van der Waals surface area contributed by atoms with E-state index in [1.165, 1.54) is 6.07 Å². The summed E-state index contributed by atoms with van der Waals surface area (Å²) in [5, 5.41) is 9.21. The number of halogens is 1. The van der Waals surface area contributed by atoms with Crippen LogP contribution in [0, 0.1) is 18.2 Å². The predicted octanol–water partition coefficient (Wildman–Crippen LogP) is 2.58. The fourth-order valence-electron chi connectivity index (χ4n) is 1.95. The van der Waals surface area contributed by atoms with E-state index in [9.17, 15) is 9.50 Å². The van der Waals surface area contributed by atoms with Crippen LogP contribution in [0.3, 0.4) is 0 Å². The maximum atomic E-state index is 13.1. The SMILES string of the molecule is Cc1cc(CN(C)CC(C)(C)CO)ccc1F. The minimum Gasteiger partial charge on any atom is -0.396 e. The average Bonchev–Trinajstić information content (AvgIpc) is 2.23. The summed E-state index contributed by atoms with van der Waals surface area (Å²) < 4.78 is 13.1. The van der Waals surface area contributed by atoms with E-state index < -0.39 is 0 Å². The third kappa shape index (κ3) is 4.44. The lowest BCUT2D eigenvalue weighted by Crippen LogP contribution is -2.33. The number of aryl methyl sites for hydroxylation is 1. The summed E-state index contributed by atoms with van der Waals surface area (Å²) in [6, 6.07) is 5.19. The van der Waals surface area contributed by atoms with Crippen molar-refractivity contribution in [1.29, 1.82) is 0 Å². The zero-order chi connectivity index (χ0) is 13.1. The van der Waals surface area contributed by atoms with Gasteiger partial charge in [-0.25, -0.2) is 4.39 Å². The molecule has 0 aliphatic carbocycles. The van der Waals surface area contributed by atoms with Gasteiger partial charge in [0.2, 0.25) is 0 Å². The van der Waals surface area contributed by atoms with Crippen molar-refractivity contribution in [2.45, 2.75) is 27.3 Å². The first-order chi connectivity index (χ1) is 7.84. The number of nitrogens with zero attached hydrogens (tertiary/aromatic N) is 1. The van der Waals surface area contributed by atoms with Crippen LogP contribution < -0.4 is 0 Å². The van der Waals surface area contributed by atoms with Gasteiger partial charge in [0.1, 0.15) is 5.82 Å². The Morgan fingerprint density at radius 1 is 1.35 bits per heavy atom. The second kappa shape index (κ2) is 5.61. The lowest BCUT2D eigenvalue weighted by molar-refractivity contribution is 0.112. The van der Waals surface area contributed by atoms with Crippen molar-refractivity contribution >= 4 is 0 Å². The monoisotopic (exact) mass is 239 g/mol. The topological polar surface area (TPSA) is 23.5 Å². The molecule has 1 aromatic carbocycles. The van der Waals surface area contributed by atoms with Crippen LogP contribution in [0.25, 0.3) is 0 Å². The highest BCUT2D eigenvalue weighted by molar-refractivity contribution is 5.23. The highest BCUT2D eigenvalue weighted by atomic mass is 19.1. The van der Waals surface area contributed by atoms with Crippen molar-refractivity contribution in [3.8, 4) is 0 Å². The van der Waals surface area contributed by atoms with Crippen LogP contribution in [0.4, 0.5) is 4.39 Å². The van der Waals surface area contributed by atoms with Gasteiger partial charge in [-0.1, -0.05) is 26.0 Å². The van der Waals surface area contributed by atoms with Crippen molar-refractivity contribution in [3.05, 3.63) is 35.1 Å². The molecular weight excluding hydrogens is 217 g/mol. The van der Waals surface area contributed by atoms with Gasteiger partial charge in [0, 0.05) is 25.1 Å². The molecule has 3 heteroatoms. The van der Waals surface area contributed by atoms with Gasteiger partial charge in [0.25, 0.3) is 0 Å². The van der Waals surface area contributed by atoms with E-state index in [1.807, 2.05) is 33.0 Å². The molecule has 0 saturated carbocycles. The van der Waals surface area contributed by atoms with Crippen LogP contribution in [0.1, 0.15) is 25.0 Å². The van der Waals surface area contributed by atoms with Crippen LogP contribution in [0.2, 0.25) is 0 Å². The molecule has 2 nitrogen and oxygen atoms in total. The largest absolute Gasteiger partial charge is 0.396 e. The fraction of sp³-hybridized carbons (Fsp3) is 0.571. The molecule has 1 N–H and O–H groups in total. The van der Waals surface area contributed by atoms with E-state index in [0.29, 0.717) is 5.56 Å². The molecule has 1 aromatic rings. The van der Waals surface area contributed by atoms with Gasteiger partial charge >= 0.3 is 0 Å². The van der Waals surface area contributed by atoms with E-state index in [-0.39, 0.29) is 17.8 Å². The van der Waals surface area contributed by atoms with E-state index in [0.717, 1.165) is 18.7 Å². The summed E-state index contributed by atoms with van der Waals surface area (Å²) in [7, 11) is 2.01. The first-order valence-corrected chi connectivity index (χ1v) is 5.88. The van der Waals surface area contributed by atoms with E-state index in [2.05, 4.69) is 4.90 Å². The van der Waals surface area contributed by atoms with Crippen LogP contribution in [0.15, 0.2) is 18.2 Å². The second-order valence-corrected chi connectivity index (χ2v) is 5.58. The Labute approximate surface area is 103 Å². The molecule has 0 aliphatic rings. The molecule has 0 saturated heterocycles. The number of benzene rings is 1. The van der Waals surface area contributed by atoms with E-state index in [4.69, 9.17) is 0 Å². The molecule has 17 heavy (non-hydrogen) atoms. The summed E-state index contributed by atoms with van der Waals surface area (Å²) in [4.78, 5) is 2.14. The van der Waals surface area contributed by atoms with Crippen molar-refractivity contribution in [2.24, 2.45) is 5.41 Å². The predicted molar refractivity (Wildman–Crippen MR) is 68.3 cm³/mol. The normalized spacial score (nSPS) is 12.2. The molecule has 1 rings (SSSR count). The smallest absolute Gasteiger partial charge is 0.126 e. The maximum Gasteiger partial charge on any atom is 0.126 e. The number of hydrogen-bond donors (Lipinski definition) is 1. The van der Waals surface area contributed by atoms with Crippen molar-refractivity contribution in [2.75, 3.05) is 20.2 Å². The van der Waals surface area contributed by atoms with Gasteiger partial charge in [-0.3, -0.25) is 0 Å². The third-order valence-electron chi connectivity index (χ3n) is 2.80. The van der Waals surface area contributed by atoms with E-state index >= 15 is 0 Å². The van der Waals surface area contributed by atoms with Gasteiger partial charge in [0.05, 0.1) is 0 Å². The minimum atomic E-state index is -0.160. The highest BCUT2D eigenvalue weighted by Crippen LogP contribution is 2.17. The molecule has 0 atom stereocenters. The lowest BCUT2D eigenvalue weighted by Gasteiger charge is -2.28. The highest BCUT2D eigenvalue weighted by Gasteiger charge is 2.18. The van der Waals surface area contributed by atoms with Crippen LogP contribution in [-0.4, -0.2) is 30.2 Å². The van der Waals surface area contributed by atoms with E-state index in [1.54, 1.807) is 6.92 Å². The first kappa shape index (κ1) is 14.1.